The molecule has 0 amide bonds. The second-order valence-corrected chi connectivity index (χ2v) is 5.91. The molecule has 0 unspecified atom stereocenters. The Morgan fingerprint density at radius 3 is 2.70 bits per heavy atom. The van der Waals surface area contributed by atoms with Crippen LogP contribution in [0.1, 0.15) is 25.0 Å². The van der Waals surface area contributed by atoms with Crippen LogP contribution in [0.15, 0.2) is 36.5 Å². The summed E-state index contributed by atoms with van der Waals surface area (Å²) in [5.74, 6) is 6.29. The van der Waals surface area contributed by atoms with Gasteiger partial charge < -0.3 is 5.73 Å². The summed E-state index contributed by atoms with van der Waals surface area (Å²) in [6.07, 6.45) is 1.75. The molecule has 2 N–H and O–H groups in total. The highest BCUT2D eigenvalue weighted by atomic mass is 19.1. The van der Waals surface area contributed by atoms with Crippen LogP contribution in [-0.4, -0.2) is 9.78 Å². The van der Waals surface area contributed by atoms with Crippen LogP contribution < -0.4 is 5.73 Å². The normalized spacial score (nSPS) is 10.8. The van der Waals surface area contributed by atoms with Crippen LogP contribution in [0, 0.1) is 30.5 Å². The lowest BCUT2D eigenvalue weighted by molar-refractivity contribution is 0.617. The second kappa shape index (κ2) is 5.77. The molecule has 0 aliphatic heterocycles. The van der Waals surface area contributed by atoms with E-state index in [1.807, 2.05) is 26.0 Å². The first kappa shape index (κ1) is 15.1. The van der Waals surface area contributed by atoms with Gasteiger partial charge in [0, 0.05) is 22.6 Å². The lowest BCUT2D eigenvalue weighted by Crippen LogP contribution is -1.98. The van der Waals surface area contributed by atoms with Gasteiger partial charge in [-0.05, 0) is 42.8 Å². The van der Waals surface area contributed by atoms with Gasteiger partial charge in [0.15, 0.2) is 0 Å². The van der Waals surface area contributed by atoms with Crippen LogP contribution >= 0.6 is 0 Å². The fourth-order valence-electron chi connectivity index (χ4n) is 2.39. The molecule has 0 bridgehead atoms. The van der Waals surface area contributed by atoms with Gasteiger partial charge >= 0.3 is 0 Å². The lowest BCUT2D eigenvalue weighted by Gasteiger charge is -2.07. The molecule has 2 aromatic carbocycles. The molecule has 116 valence electrons. The van der Waals surface area contributed by atoms with Gasteiger partial charge in [0.2, 0.25) is 0 Å². The first-order valence-electron chi connectivity index (χ1n) is 7.51. The zero-order valence-corrected chi connectivity index (χ0v) is 13.4. The van der Waals surface area contributed by atoms with Gasteiger partial charge in [-0.2, -0.15) is 5.10 Å². The molecule has 1 heterocycles. The molecular weight excluding hydrogens is 289 g/mol. The summed E-state index contributed by atoms with van der Waals surface area (Å²) in [6.45, 7) is 5.81. The summed E-state index contributed by atoms with van der Waals surface area (Å²) in [5, 5.41) is 5.33. The van der Waals surface area contributed by atoms with Gasteiger partial charge in [-0.1, -0.05) is 25.7 Å². The largest absolute Gasteiger partial charge is 0.398 e. The number of rotatable bonds is 1. The van der Waals surface area contributed by atoms with E-state index in [-0.39, 0.29) is 11.7 Å². The van der Waals surface area contributed by atoms with Crippen molar-refractivity contribution in [1.29, 1.82) is 0 Å². The molecular formula is C19H18FN3. The molecule has 4 heteroatoms. The van der Waals surface area contributed by atoms with E-state index >= 15 is 0 Å². The number of aromatic nitrogens is 2. The van der Waals surface area contributed by atoms with E-state index in [1.165, 1.54) is 6.07 Å². The highest BCUT2D eigenvalue weighted by Gasteiger charge is 2.09. The third-order valence-electron chi connectivity index (χ3n) is 3.62. The molecule has 0 saturated carbocycles. The van der Waals surface area contributed by atoms with E-state index in [0.29, 0.717) is 11.3 Å². The van der Waals surface area contributed by atoms with Gasteiger partial charge in [-0.25, -0.2) is 9.07 Å². The van der Waals surface area contributed by atoms with Gasteiger partial charge in [-0.3, -0.25) is 0 Å². The first-order valence-corrected chi connectivity index (χ1v) is 7.51. The Balaban J connectivity index is 2.17. The summed E-state index contributed by atoms with van der Waals surface area (Å²) in [6, 6.07) is 8.75. The summed E-state index contributed by atoms with van der Waals surface area (Å²) in [7, 11) is 0. The number of nitrogens with zero attached hydrogens (tertiary/aromatic N) is 2. The molecule has 3 rings (SSSR count). The van der Waals surface area contributed by atoms with E-state index in [2.05, 4.69) is 16.9 Å². The van der Waals surface area contributed by atoms with Crippen LogP contribution in [0.2, 0.25) is 0 Å². The van der Waals surface area contributed by atoms with Gasteiger partial charge in [0.05, 0.1) is 17.4 Å². The number of hydrogen-bond acceptors (Lipinski definition) is 2. The number of fused-ring (bicyclic) bond motifs is 1. The Labute approximate surface area is 134 Å². The maximum absolute atomic E-state index is 13.5. The minimum atomic E-state index is -0.224. The zero-order chi connectivity index (χ0) is 16.6. The van der Waals surface area contributed by atoms with Crippen molar-refractivity contribution in [1.82, 2.24) is 9.78 Å². The SMILES string of the molecule is Cc1cc(-n2ncc3cc(N)c(C#CC(C)C)cc32)ccc1F. The Hall–Kier alpha value is -2.80. The standard InChI is InChI=1S/C19H18FN3/c1-12(2)4-5-14-10-19-15(9-18(14)21)11-22-23(19)16-6-7-17(20)13(3)8-16/h6-12H,21H2,1-3H3. The zero-order valence-electron chi connectivity index (χ0n) is 13.4. The van der Waals surface area contributed by atoms with Crippen LogP contribution in [0.25, 0.3) is 16.6 Å². The molecule has 23 heavy (non-hydrogen) atoms. The minimum absolute atomic E-state index is 0.224. The number of anilines is 1. The van der Waals surface area contributed by atoms with Crippen molar-refractivity contribution in [2.75, 3.05) is 5.73 Å². The van der Waals surface area contributed by atoms with Crippen molar-refractivity contribution in [3.05, 3.63) is 53.5 Å². The van der Waals surface area contributed by atoms with E-state index in [9.17, 15) is 4.39 Å². The van der Waals surface area contributed by atoms with Gasteiger partial charge in [0.1, 0.15) is 5.82 Å². The van der Waals surface area contributed by atoms with Crippen LogP contribution in [0.4, 0.5) is 10.1 Å². The maximum Gasteiger partial charge on any atom is 0.126 e. The molecule has 0 aliphatic rings. The van der Waals surface area contributed by atoms with Crippen molar-refractivity contribution in [2.45, 2.75) is 20.8 Å². The molecule has 0 radical (unpaired) electrons. The van der Waals surface area contributed by atoms with Crippen molar-refractivity contribution < 1.29 is 4.39 Å². The van der Waals surface area contributed by atoms with Crippen molar-refractivity contribution in [3.63, 3.8) is 0 Å². The van der Waals surface area contributed by atoms with Crippen molar-refractivity contribution >= 4 is 16.6 Å². The number of halogens is 1. The van der Waals surface area contributed by atoms with E-state index in [1.54, 1.807) is 29.9 Å². The van der Waals surface area contributed by atoms with Gasteiger partial charge in [-0.15, -0.1) is 0 Å². The smallest absolute Gasteiger partial charge is 0.126 e. The predicted molar refractivity (Wildman–Crippen MR) is 91.9 cm³/mol. The Bertz CT molecular complexity index is 942. The van der Waals surface area contributed by atoms with Crippen molar-refractivity contribution in [2.24, 2.45) is 5.92 Å². The highest BCUT2D eigenvalue weighted by Crippen LogP contribution is 2.24. The lowest BCUT2D eigenvalue weighted by atomic mass is 10.1. The fraction of sp³-hybridized carbons (Fsp3) is 0.211. The third-order valence-corrected chi connectivity index (χ3v) is 3.62. The third kappa shape index (κ3) is 2.91. The molecule has 0 saturated heterocycles. The Morgan fingerprint density at radius 1 is 1.22 bits per heavy atom. The van der Waals surface area contributed by atoms with Crippen LogP contribution in [-0.2, 0) is 0 Å². The summed E-state index contributed by atoms with van der Waals surface area (Å²) in [5.41, 5.74) is 9.80. The molecule has 0 spiro atoms. The van der Waals surface area contributed by atoms with Crippen LogP contribution in [0.3, 0.4) is 0 Å². The molecule has 0 atom stereocenters. The maximum atomic E-state index is 13.5. The number of nitrogens with two attached hydrogens (primary N) is 1. The molecule has 1 aromatic heterocycles. The molecule has 3 nitrogen and oxygen atoms in total. The monoisotopic (exact) mass is 307 g/mol. The highest BCUT2D eigenvalue weighted by molar-refractivity contribution is 5.86. The Kier molecular flexibility index (Phi) is 3.79. The Morgan fingerprint density at radius 2 is 2.00 bits per heavy atom. The van der Waals surface area contributed by atoms with E-state index < -0.39 is 0 Å². The number of aryl methyl sites for hydroxylation is 1. The fourth-order valence-corrected chi connectivity index (χ4v) is 2.39. The molecule has 3 aromatic rings. The van der Waals surface area contributed by atoms with Gasteiger partial charge in [0.25, 0.3) is 0 Å². The van der Waals surface area contributed by atoms with E-state index in [0.717, 1.165) is 22.2 Å². The average Bonchev–Trinajstić information content (AvgIpc) is 2.90. The quantitative estimate of drug-likeness (QED) is 0.544. The number of benzene rings is 2. The average molecular weight is 307 g/mol. The van der Waals surface area contributed by atoms with Crippen LogP contribution in [0.5, 0.6) is 0 Å². The summed E-state index contributed by atoms with van der Waals surface area (Å²) >= 11 is 0. The topological polar surface area (TPSA) is 43.8 Å². The number of nitrogen functional groups attached to an aromatic ring is 1. The van der Waals surface area contributed by atoms with Crippen molar-refractivity contribution in [3.8, 4) is 17.5 Å². The van der Waals surface area contributed by atoms with E-state index in [4.69, 9.17) is 5.73 Å². The summed E-state index contributed by atoms with van der Waals surface area (Å²) in [4.78, 5) is 0. The number of hydrogen-bond donors (Lipinski definition) is 1. The molecule has 0 aliphatic carbocycles. The molecule has 0 fully saturated rings. The summed E-state index contributed by atoms with van der Waals surface area (Å²) < 4.78 is 15.3. The first-order chi connectivity index (χ1) is 11.0. The minimum Gasteiger partial charge on any atom is -0.398 e. The predicted octanol–water partition coefficient (Wildman–Crippen LogP) is 4.06. The second-order valence-electron chi connectivity index (χ2n) is 5.91.